The van der Waals surface area contributed by atoms with E-state index in [-0.39, 0.29) is 0 Å². The average Bonchev–Trinajstić information content (AvgIpc) is 2.82. The Kier molecular flexibility index (Phi) is 2.54. The first-order valence-electron chi connectivity index (χ1n) is 4.74. The molecule has 2 N–H and O–H groups in total. The molecule has 1 aliphatic rings. The van der Waals surface area contributed by atoms with Crippen LogP contribution in [0, 0.1) is 5.92 Å². The van der Waals surface area contributed by atoms with Gasteiger partial charge in [-0.05, 0) is 24.8 Å². The third-order valence-electron chi connectivity index (χ3n) is 2.47. The molecule has 1 unspecified atom stereocenters. The van der Waals surface area contributed by atoms with Gasteiger partial charge in [0.05, 0.1) is 12.5 Å². The van der Waals surface area contributed by atoms with E-state index >= 15 is 0 Å². The van der Waals surface area contributed by atoms with Crippen LogP contribution in [0.25, 0.3) is 0 Å². The van der Waals surface area contributed by atoms with Crippen molar-refractivity contribution in [1.29, 1.82) is 0 Å². The molecule has 1 fully saturated rings. The molecule has 0 saturated heterocycles. The highest BCUT2D eigenvalue weighted by atomic mass is 16.4. The summed E-state index contributed by atoms with van der Waals surface area (Å²) in [5, 5.41) is 12.0. The Morgan fingerprint density at radius 2 is 2.50 bits per heavy atom. The second-order valence-corrected chi connectivity index (χ2v) is 3.67. The van der Waals surface area contributed by atoms with E-state index in [1.54, 1.807) is 12.5 Å². The fourth-order valence-corrected chi connectivity index (χ4v) is 1.51. The van der Waals surface area contributed by atoms with Gasteiger partial charge in [0.15, 0.2) is 0 Å². The lowest BCUT2D eigenvalue weighted by molar-refractivity contribution is -0.140. The molecular formula is C10H13NO3. The number of aliphatic carboxylic acids is 1. The molecule has 1 atom stereocenters. The van der Waals surface area contributed by atoms with Gasteiger partial charge in [0, 0.05) is 12.1 Å². The molecule has 0 aliphatic heterocycles. The Morgan fingerprint density at radius 1 is 1.71 bits per heavy atom. The number of nitrogens with one attached hydrogen (secondary N) is 1. The van der Waals surface area contributed by atoms with Crippen LogP contribution >= 0.6 is 0 Å². The first-order valence-corrected chi connectivity index (χ1v) is 4.74. The van der Waals surface area contributed by atoms with Crippen molar-refractivity contribution < 1.29 is 14.3 Å². The summed E-state index contributed by atoms with van der Waals surface area (Å²) in [6.07, 6.45) is 5.26. The molecule has 1 saturated carbocycles. The summed E-state index contributed by atoms with van der Waals surface area (Å²) in [6.45, 7) is 0.559. The maximum absolute atomic E-state index is 10.9. The molecule has 0 radical (unpaired) electrons. The fraction of sp³-hybridized carbons (Fsp3) is 0.500. The van der Waals surface area contributed by atoms with Gasteiger partial charge < -0.3 is 9.52 Å². The third kappa shape index (κ3) is 2.14. The van der Waals surface area contributed by atoms with E-state index in [1.807, 2.05) is 6.07 Å². The molecule has 1 heterocycles. The van der Waals surface area contributed by atoms with Gasteiger partial charge in [0.25, 0.3) is 0 Å². The highest BCUT2D eigenvalue weighted by Crippen LogP contribution is 2.32. The topological polar surface area (TPSA) is 62.5 Å². The van der Waals surface area contributed by atoms with Crippen molar-refractivity contribution in [3.63, 3.8) is 0 Å². The number of hydrogen-bond donors (Lipinski definition) is 2. The standard InChI is InChI=1S/C10H13NO3/c12-10(13)9(8-1-2-8)11-5-7-3-4-14-6-7/h3-4,6,8-9,11H,1-2,5H2,(H,12,13). The second-order valence-electron chi connectivity index (χ2n) is 3.67. The summed E-state index contributed by atoms with van der Waals surface area (Å²) in [7, 11) is 0. The van der Waals surface area contributed by atoms with Gasteiger partial charge in [0.1, 0.15) is 6.04 Å². The molecule has 0 amide bonds. The van der Waals surface area contributed by atoms with Crippen LogP contribution in [0.4, 0.5) is 0 Å². The SMILES string of the molecule is O=C(O)C(NCc1ccoc1)C1CC1. The van der Waals surface area contributed by atoms with Crippen LogP contribution in [0.1, 0.15) is 18.4 Å². The van der Waals surface area contributed by atoms with E-state index in [4.69, 9.17) is 9.52 Å². The van der Waals surface area contributed by atoms with Crippen LogP contribution in [-0.4, -0.2) is 17.1 Å². The minimum atomic E-state index is -0.754. The number of furan rings is 1. The van der Waals surface area contributed by atoms with Gasteiger partial charge in [-0.2, -0.15) is 0 Å². The molecule has 76 valence electrons. The molecular weight excluding hydrogens is 182 g/mol. The van der Waals surface area contributed by atoms with Crippen molar-refractivity contribution >= 4 is 5.97 Å². The summed E-state index contributed by atoms with van der Waals surface area (Å²) < 4.78 is 4.90. The molecule has 0 bridgehead atoms. The van der Waals surface area contributed by atoms with Crippen LogP contribution in [0.15, 0.2) is 23.0 Å². The van der Waals surface area contributed by atoms with Crippen molar-refractivity contribution in [2.45, 2.75) is 25.4 Å². The highest BCUT2D eigenvalue weighted by molar-refractivity contribution is 5.74. The van der Waals surface area contributed by atoms with Gasteiger partial charge in [-0.3, -0.25) is 10.1 Å². The zero-order valence-electron chi connectivity index (χ0n) is 7.77. The van der Waals surface area contributed by atoms with Gasteiger partial charge in [-0.1, -0.05) is 0 Å². The first-order chi connectivity index (χ1) is 6.77. The van der Waals surface area contributed by atoms with Crippen molar-refractivity contribution in [2.24, 2.45) is 5.92 Å². The first kappa shape index (κ1) is 9.27. The van der Waals surface area contributed by atoms with Crippen LogP contribution in [-0.2, 0) is 11.3 Å². The number of hydrogen-bond acceptors (Lipinski definition) is 3. The predicted octanol–water partition coefficient (Wildman–Crippen LogP) is 1.23. The molecule has 4 heteroatoms. The minimum absolute atomic E-state index is 0.319. The summed E-state index contributed by atoms with van der Waals surface area (Å²) in [4.78, 5) is 10.9. The van der Waals surface area contributed by atoms with E-state index in [0.29, 0.717) is 12.5 Å². The number of rotatable bonds is 5. The lowest BCUT2D eigenvalue weighted by atomic mass is 10.2. The van der Waals surface area contributed by atoms with Gasteiger partial charge in [-0.15, -0.1) is 0 Å². The van der Waals surface area contributed by atoms with Gasteiger partial charge in [0.2, 0.25) is 0 Å². The van der Waals surface area contributed by atoms with E-state index in [1.165, 1.54) is 0 Å². The molecule has 2 rings (SSSR count). The van der Waals surface area contributed by atoms with Gasteiger partial charge >= 0.3 is 5.97 Å². The summed E-state index contributed by atoms with van der Waals surface area (Å²) in [5.41, 5.74) is 0.983. The van der Waals surface area contributed by atoms with Crippen LogP contribution in [0.5, 0.6) is 0 Å². The Hall–Kier alpha value is -1.29. The largest absolute Gasteiger partial charge is 0.480 e. The van der Waals surface area contributed by atoms with Crippen molar-refractivity contribution in [3.8, 4) is 0 Å². The van der Waals surface area contributed by atoms with Crippen molar-refractivity contribution in [3.05, 3.63) is 24.2 Å². The van der Waals surface area contributed by atoms with Crippen LogP contribution in [0.2, 0.25) is 0 Å². The van der Waals surface area contributed by atoms with Crippen LogP contribution in [0.3, 0.4) is 0 Å². The molecule has 4 nitrogen and oxygen atoms in total. The Bertz CT molecular complexity index is 303. The van der Waals surface area contributed by atoms with E-state index in [0.717, 1.165) is 18.4 Å². The zero-order valence-corrected chi connectivity index (χ0v) is 7.77. The molecule has 1 aromatic heterocycles. The smallest absolute Gasteiger partial charge is 0.320 e. The zero-order chi connectivity index (χ0) is 9.97. The Balaban J connectivity index is 1.85. The summed E-state index contributed by atoms with van der Waals surface area (Å²) >= 11 is 0. The molecule has 1 aliphatic carbocycles. The normalized spacial score (nSPS) is 18.0. The van der Waals surface area contributed by atoms with Crippen molar-refractivity contribution in [2.75, 3.05) is 0 Å². The molecule has 0 spiro atoms. The second kappa shape index (κ2) is 3.84. The minimum Gasteiger partial charge on any atom is -0.480 e. The highest BCUT2D eigenvalue weighted by Gasteiger charge is 2.35. The Morgan fingerprint density at radius 3 is 3.00 bits per heavy atom. The number of carbonyl (C=O) groups is 1. The maximum Gasteiger partial charge on any atom is 0.320 e. The summed E-state index contributed by atoms with van der Waals surface area (Å²) in [5.74, 6) is -0.435. The molecule has 0 aromatic carbocycles. The molecule has 14 heavy (non-hydrogen) atoms. The maximum atomic E-state index is 10.9. The lowest BCUT2D eigenvalue weighted by Gasteiger charge is -2.12. The van der Waals surface area contributed by atoms with E-state index < -0.39 is 12.0 Å². The van der Waals surface area contributed by atoms with Crippen molar-refractivity contribution in [1.82, 2.24) is 5.32 Å². The molecule has 1 aromatic rings. The van der Waals surface area contributed by atoms with Gasteiger partial charge in [-0.25, -0.2) is 0 Å². The Labute approximate surface area is 81.9 Å². The summed E-state index contributed by atoms with van der Waals surface area (Å²) in [6, 6.07) is 1.43. The number of carboxylic acids is 1. The quantitative estimate of drug-likeness (QED) is 0.741. The predicted molar refractivity (Wildman–Crippen MR) is 49.7 cm³/mol. The monoisotopic (exact) mass is 195 g/mol. The average molecular weight is 195 g/mol. The van der Waals surface area contributed by atoms with E-state index in [2.05, 4.69) is 5.32 Å². The fourth-order valence-electron chi connectivity index (χ4n) is 1.51. The number of carboxylic acid groups (broad SMARTS) is 1. The van der Waals surface area contributed by atoms with E-state index in [9.17, 15) is 4.79 Å². The lowest BCUT2D eigenvalue weighted by Crippen LogP contribution is -2.37. The van der Waals surface area contributed by atoms with Crippen LogP contribution < -0.4 is 5.32 Å². The third-order valence-corrected chi connectivity index (χ3v) is 2.47.